The third-order valence-corrected chi connectivity index (χ3v) is 6.40. The summed E-state index contributed by atoms with van der Waals surface area (Å²) in [6.45, 7) is 8.67. The van der Waals surface area contributed by atoms with Crippen molar-refractivity contribution in [2.75, 3.05) is 10.8 Å². The minimum Gasteiger partial charge on any atom is -0.473 e. The second-order valence-corrected chi connectivity index (χ2v) is 9.56. The number of hydrogen-bond acceptors (Lipinski definition) is 5. The van der Waals surface area contributed by atoms with Crippen molar-refractivity contribution in [2.24, 2.45) is 5.92 Å². The number of rotatable bonds is 8. The van der Waals surface area contributed by atoms with Gasteiger partial charge in [0.25, 0.3) is 10.0 Å². The molecule has 0 spiro atoms. The van der Waals surface area contributed by atoms with Crippen LogP contribution in [0.2, 0.25) is 0 Å². The molecular formula is C23H27N3O3S. The van der Waals surface area contributed by atoms with Crippen LogP contribution in [0.4, 0.5) is 5.69 Å². The number of ether oxygens (including phenoxy) is 1. The summed E-state index contributed by atoms with van der Waals surface area (Å²) in [5, 5.41) is 0. The van der Waals surface area contributed by atoms with Crippen LogP contribution < -0.4 is 9.04 Å². The highest BCUT2D eigenvalue weighted by molar-refractivity contribution is 7.92. The lowest BCUT2D eigenvalue weighted by Gasteiger charge is -2.28. The molecule has 0 bridgehead atoms. The SMILES string of the molecule is Cc1ccc(N(CC(C)C)S(=O)(=O)c2ccc(COc3ccncn3)cc2)c(C)c1. The second kappa shape index (κ2) is 9.26. The zero-order valence-electron chi connectivity index (χ0n) is 17.7. The highest BCUT2D eigenvalue weighted by Gasteiger charge is 2.26. The van der Waals surface area contributed by atoms with E-state index in [0.29, 0.717) is 24.7 Å². The number of aryl methyl sites for hydroxylation is 2. The normalized spacial score (nSPS) is 11.5. The van der Waals surface area contributed by atoms with Gasteiger partial charge in [0.05, 0.1) is 10.6 Å². The molecule has 0 saturated carbocycles. The topological polar surface area (TPSA) is 72.4 Å². The first-order valence-electron chi connectivity index (χ1n) is 9.85. The zero-order chi connectivity index (χ0) is 21.7. The number of anilines is 1. The fourth-order valence-corrected chi connectivity index (χ4v) is 4.84. The largest absolute Gasteiger partial charge is 0.473 e. The lowest BCUT2D eigenvalue weighted by molar-refractivity contribution is 0.293. The van der Waals surface area contributed by atoms with Gasteiger partial charge < -0.3 is 4.74 Å². The fraction of sp³-hybridized carbons (Fsp3) is 0.304. The van der Waals surface area contributed by atoms with Crippen molar-refractivity contribution in [3.05, 3.63) is 77.7 Å². The highest BCUT2D eigenvalue weighted by Crippen LogP contribution is 2.29. The van der Waals surface area contributed by atoms with E-state index in [1.165, 1.54) is 10.6 Å². The Kier molecular flexibility index (Phi) is 6.72. The van der Waals surface area contributed by atoms with Crippen molar-refractivity contribution < 1.29 is 13.2 Å². The Balaban J connectivity index is 1.85. The number of hydrogen-bond donors (Lipinski definition) is 0. The minimum absolute atomic E-state index is 0.181. The van der Waals surface area contributed by atoms with Crippen molar-refractivity contribution in [3.63, 3.8) is 0 Å². The van der Waals surface area contributed by atoms with Crippen LogP contribution in [0.25, 0.3) is 0 Å². The second-order valence-electron chi connectivity index (χ2n) is 7.70. The molecule has 0 radical (unpaired) electrons. The van der Waals surface area contributed by atoms with Crippen LogP contribution in [0.3, 0.4) is 0 Å². The van der Waals surface area contributed by atoms with Gasteiger partial charge in [-0.25, -0.2) is 18.4 Å². The summed E-state index contributed by atoms with van der Waals surface area (Å²) < 4.78 is 34.1. The van der Waals surface area contributed by atoms with Gasteiger partial charge in [-0.1, -0.05) is 43.7 Å². The van der Waals surface area contributed by atoms with Gasteiger partial charge >= 0.3 is 0 Å². The van der Waals surface area contributed by atoms with E-state index in [-0.39, 0.29) is 10.8 Å². The Morgan fingerprint density at radius 1 is 1.03 bits per heavy atom. The lowest BCUT2D eigenvalue weighted by atomic mass is 10.1. The van der Waals surface area contributed by atoms with Crippen LogP contribution in [-0.4, -0.2) is 24.9 Å². The summed E-state index contributed by atoms with van der Waals surface area (Å²) in [5.74, 6) is 0.653. The average Bonchev–Trinajstić information content (AvgIpc) is 2.72. The maximum atomic E-state index is 13.5. The van der Waals surface area contributed by atoms with Crippen molar-refractivity contribution in [1.82, 2.24) is 9.97 Å². The first kappa shape index (κ1) is 21.8. The molecule has 0 aliphatic rings. The predicted octanol–water partition coefficient (Wildman–Crippen LogP) is 4.52. The Hall–Kier alpha value is -2.93. The third kappa shape index (κ3) is 5.16. The van der Waals surface area contributed by atoms with E-state index in [1.807, 2.05) is 45.9 Å². The van der Waals surface area contributed by atoms with Gasteiger partial charge in [-0.2, -0.15) is 0 Å². The summed E-state index contributed by atoms with van der Waals surface area (Å²) in [6.07, 6.45) is 3.02. The van der Waals surface area contributed by atoms with Gasteiger partial charge in [0.1, 0.15) is 12.9 Å². The molecule has 0 N–H and O–H groups in total. The number of nitrogens with zero attached hydrogens (tertiary/aromatic N) is 3. The molecule has 2 aromatic carbocycles. The van der Waals surface area contributed by atoms with Gasteiger partial charge in [0.2, 0.25) is 5.88 Å². The van der Waals surface area contributed by atoms with Crippen molar-refractivity contribution >= 4 is 15.7 Å². The number of aromatic nitrogens is 2. The van der Waals surface area contributed by atoms with E-state index < -0.39 is 10.0 Å². The molecule has 0 aliphatic carbocycles. The Morgan fingerprint density at radius 3 is 2.37 bits per heavy atom. The van der Waals surface area contributed by atoms with E-state index >= 15 is 0 Å². The van der Waals surface area contributed by atoms with Crippen LogP contribution in [-0.2, 0) is 16.6 Å². The Morgan fingerprint density at radius 2 is 1.77 bits per heavy atom. The highest BCUT2D eigenvalue weighted by atomic mass is 32.2. The van der Waals surface area contributed by atoms with E-state index in [0.717, 1.165) is 16.7 Å². The van der Waals surface area contributed by atoms with Crippen LogP contribution in [0.15, 0.2) is 66.0 Å². The molecule has 0 unspecified atom stereocenters. The smallest absolute Gasteiger partial charge is 0.264 e. The lowest BCUT2D eigenvalue weighted by Crippen LogP contribution is -2.34. The third-order valence-electron chi connectivity index (χ3n) is 4.60. The fourth-order valence-electron chi connectivity index (χ4n) is 3.15. The van der Waals surface area contributed by atoms with Crippen molar-refractivity contribution in [3.8, 4) is 5.88 Å². The molecule has 1 aromatic heterocycles. The molecule has 3 aromatic rings. The maximum Gasteiger partial charge on any atom is 0.264 e. The molecule has 6 nitrogen and oxygen atoms in total. The van der Waals surface area contributed by atoms with E-state index in [9.17, 15) is 8.42 Å². The van der Waals surface area contributed by atoms with Crippen LogP contribution in [0, 0.1) is 19.8 Å². The first-order valence-corrected chi connectivity index (χ1v) is 11.3. The number of sulfonamides is 1. The molecule has 0 saturated heterocycles. The van der Waals surface area contributed by atoms with Crippen LogP contribution >= 0.6 is 0 Å². The summed E-state index contributed by atoms with van der Waals surface area (Å²) >= 11 is 0. The quantitative estimate of drug-likeness (QED) is 0.530. The molecule has 0 fully saturated rings. The summed E-state index contributed by atoms with van der Waals surface area (Å²) in [4.78, 5) is 8.12. The predicted molar refractivity (Wildman–Crippen MR) is 118 cm³/mol. The van der Waals surface area contributed by atoms with Gasteiger partial charge in [-0.05, 0) is 49.1 Å². The molecule has 0 aliphatic heterocycles. The first-order chi connectivity index (χ1) is 14.3. The van der Waals surface area contributed by atoms with Crippen LogP contribution in [0.5, 0.6) is 5.88 Å². The van der Waals surface area contributed by atoms with Crippen LogP contribution in [0.1, 0.15) is 30.5 Å². The summed E-state index contributed by atoms with van der Waals surface area (Å²) in [7, 11) is -3.70. The van der Waals surface area contributed by atoms with Gasteiger partial charge in [-0.3, -0.25) is 4.31 Å². The molecule has 3 rings (SSSR count). The number of benzene rings is 2. The zero-order valence-corrected chi connectivity index (χ0v) is 18.6. The van der Waals surface area contributed by atoms with Gasteiger partial charge in [0, 0.05) is 18.8 Å². The Bertz CT molecular complexity index is 1080. The van der Waals surface area contributed by atoms with Gasteiger partial charge in [-0.15, -0.1) is 0 Å². The molecule has 0 atom stereocenters. The van der Waals surface area contributed by atoms with Gasteiger partial charge in [0.15, 0.2) is 0 Å². The standard InChI is InChI=1S/C23H27N3O3S/c1-17(2)14-26(22-10-5-18(3)13-19(22)4)30(27,28)21-8-6-20(7-9-21)15-29-23-11-12-24-16-25-23/h5-13,16-17H,14-15H2,1-4H3. The monoisotopic (exact) mass is 425 g/mol. The minimum atomic E-state index is -3.70. The van der Waals surface area contributed by atoms with Crippen molar-refractivity contribution in [2.45, 2.75) is 39.2 Å². The maximum absolute atomic E-state index is 13.5. The summed E-state index contributed by atoms with van der Waals surface area (Å²) in [5.41, 5.74) is 3.61. The molecule has 7 heteroatoms. The van der Waals surface area contributed by atoms with E-state index in [1.54, 1.807) is 36.5 Å². The van der Waals surface area contributed by atoms with Crippen molar-refractivity contribution in [1.29, 1.82) is 0 Å². The van der Waals surface area contributed by atoms with E-state index in [4.69, 9.17) is 4.74 Å². The molecule has 0 amide bonds. The van der Waals surface area contributed by atoms with E-state index in [2.05, 4.69) is 9.97 Å². The molecular weight excluding hydrogens is 398 g/mol. The summed E-state index contributed by atoms with van der Waals surface area (Å²) in [6, 6.07) is 14.3. The molecule has 1 heterocycles. The average molecular weight is 426 g/mol. The Labute approximate surface area is 178 Å². The molecule has 158 valence electrons. The molecule has 30 heavy (non-hydrogen) atoms.